The minimum atomic E-state index is -0.430. The van der Waals surface area contributed by atoms with Crippen LogP contribution in [0.2, 0.25) is 0 Å². The van der Waals surface area contributed by atoms with Gasteiger partial charge in [0, 0.05) is 0 Å². The third-order valence-electron chi connectivity index (χ3n) is 4.46. The number of ether oxygens (including phenoxy) is 2. The molecule has 0 atom stereocenters. The van der Waals surface area contributed by atoms with E-state index in [4.69, 9.17) is 15.2 Å². The number of carbonyl (C=O) groups excluding carboxylic acids is 1. The number of benzene rings is 3. The van der Waals surface area contributed by atoms with E-state index in [2.05, 4.69) is 15.3 Å². The SMILES string of the molecule is CCOC(=O)c1ccccc1Nc1ncnc(Oc2ccc3ccccc3c2)c1N. The standard InChI is InChI=1S/C23H20N4O3/c1-2-29-23(28)18-9-5-6-10-19(18)27-21-20(24)22(26-14-25-21)30-17-12-11-15-7-3-4-8-16(15)13-17/h3-14H,2,24H2,1H3,(H,25,26,27). The first kappa shape index (κ1) is 19.2. The van der Waals surface area contributed by atoms with Gasteiger partial charge < -0.3 is 20.5 Å². The first-order valence-corrected chi connectivity index (χ1v) is 9.46. The number of anilines is 3. The van der Waals surface area contributed by atoms with Crippen LogP contribution in [-0.4, -0.2) is 22.5 Å². The Labute approximate surface area is 173 Å². The molecule has 0 bridgehead atoms. The molecule has 1 heterocycles. The second-order valence-corrected chi connectivity index (χ2v) is 6.44. The van der Waals surface area contributed by atoms with E-state index in [9.17, 15) is 4.79 Å². The maximum Gasteiger partial charge on any atom is 0.340 e. The third-order valence-corrected chi connectivity index (χ3v) is 4.46. The van der Waals surface area contributed by atoms with E-state index in [1.165, 1.54) is 6.33 Å². The van der Waals surface area contributed by atoms with Crippen molar-refractivity contribution in [3.63, 3.8) is 0 Å². The lowest BCUT2D eigenvalue weighted by atomic mass is 10.1. The summed E-state index contributed by atoms with van der Waals surface area (Å²) in [6, 6.07) is 20.7. The van der Waals surface area contributed by atoms with Crippen LogP contribution in [0, 0.1) is 0 Å². The molecule has 0 fully saturated rings. The molecule has 7 nitrogen and oxygen atoms in total. The second-order valence-electron chi connectivity index (χ2n) is 6.44. The Kier molecular flexibility index (Phi) is 5.43. The van der Waals surface area contributed by atoms with Crippen molar-refractivity contribution < 1.29 is 14.3 Å². The molecule has 7 heteroatoms. The molecule has 0 radical (unpaired) electrons. The number of esters is 1. The predicted molar refractivity (Wildman–Crippen MR) is 116 cm³/mol. The molecular formula is C23H20N4O3. The van der Waals surface area contributed by atoms with E-state index in [-0.39, 0.29) is 18.2 Å². The van der Waals surface area contributed by atoms with E-state index >= 15 is 0 Å². The van der Waals surface area contributed by atoms with Crippen LogP contribution in [0.3, 0.4) is 0 Å². The molecule has 3 N–H and O–H groups in total. The zero-order valence-electron chi connectivity index (χ0n) is 16.3. The van der Waals surface area contributed by atoms with E-state index < -0.39 is 5.97 Å². The monoisotopic (exact) mass is 400 g/mol. The minimum Gasteiger partial charge on any atom is -0.462 e. The number of para-hydroxylation sites is 1. The first-order valence-electron chi connectivity index (χ1n) is 9.46. The highest BCUT2D eigenvalue weighted by atomic mass is 16.5. The molecule has 0 aliphatic carbocycles. The predicted octanol–water partition coefficient (Wildman–Crippen LogP) is 4.92. The summed E-state index contributed by atoms with van der Waals surface area (Å²) >= 11 is 0. The number of nitrogens with zero attached hydrogens (tertiary/aromatic N) is 2. The van der Waals surface area contributed by atoms with Gasteiger partial charge in [0.15, 0.2) is 5.82 Å². The van der Waals surface area contributed by atoms with Crippen molar-refractivity contribution in [3.8, 4) is 11.6 Å². The van der Waals surface area contributed by atoms with Gasteiger partial charge in [-0.15, -0.1) is 0 Å². The van der Waals surface area contributed by atoms with Gasteiger partial charge in [-0.25, -0.2) is 9.78 Å². The number of fused-ring (bicyclic) bond motifs is 1. The molecule has 0 aliphatic rings. The quantitative estimate of drug-likeness (QED) is 0.443. The van der Waals surface area contributed by atoms with Crippen LogP contribution in [-0.2, 0) is 4.74 Å². The fourth-order valence-electron chi connectivity index (χ4n) is 3.01. The molecule has 0 spiro atoms. The largest absolute Gasteiger partial charge is 0.462 e. The lowest BCUT2D eigenvalue weighted by Crippen LogP contribution is -2.09. The highest BCUT2D eigenvalue weighted by Crippen LogP contribution is 2.33. The Morgan fingerprint density at radius 3 is 2.60 bits per heavy atom. The summed E-state index contributed by atoms with van der Waals surface area (Å²) in [5.41, 5.74) is 7.38. The molecule has 150 valence electrons. The summed E-state index contributed by atoms with van der Waals surface area (Å²) in [5.74, 6) is 0.728. The summed E-state index contributed by atoms with van der Waals surface area (Å²) in [6.07, 6.45) is 1.35. The molecule has 0 saturated heterocycles. The highest BCUT2D eigenvalue weighted by molar-refractivity contribution is 5.97. The third kappa shape index (κ3) is 4.00. The number of rotatable bonds is 6. The van der Waals surface area contributed by atoms with Crippen molar-refractivity contribution in [2.24, 2.45) is 0 Å². The van der Waals surface area contributed by atoms with Crippen LogP contribution >= 0.6 is 0 Å². The molecule has 4 aromatic rings. The van der Waals surface area contributed by atoms with Crippen LogP contribution in [0.1, 0.15) is 17.3 Å². The van der Waals surface area contributed by atoms with Crippen LogP contribution in [0.25, 0.3) is 10.8 Å². The van der Waals surface area contributed by atoms with Gasteiger partial charge in [-0.05, 0) is 42.0 Å². The van der Waals surface area contributed by atoms with E-state index in [1.807, 2.05) is 42.5 Å². The van der Waals surface area contributed by atoms with E-state index in [0.29, 0.717) is 22.8 Å². The molecule has 3 aromatic carbocycles. The zero-order chi connectivity index (χ0) is 20.9. The average molecular weight is 400 g/mol. The number of nitrogens with one attached hydrogen (secondary N) is 1. The Bertz CT molecular complexity index is 1210. The number of aromatic nitrogens is 2. The Hall–Kier alpha value is -4.13. The molecule has 0 amide bonds. The Balaban J connectivity index is 1.61. The summed E-state index contributed by atoms with van der Waals surface area (Å²) in [4.78, 5) is 20.6. The molecule has 4 rings (SSSR count). The van der Waals surface area contributed by atoms with Gasteiger partial charge in [0.05, 0.1) is 17.9 Å². The highest BCUT2D eigenvalue weighted by Gasteiger charge is 2.16. The molecule has 30 heavy (non-hydrogen) atoms. The molecule has 0 aliphatic heterocycles. The van der Waals surface area contributed by atoms with Crippen molar-refractivity contribution in [2.75, 3.05) is 17.7 Å². The van der Waals surface area contributed by atoms with Gasteiger partial charge in [0.1, 0.15) is 17.8 Å². The number of hydrogen-bond donors (Lipinski definition) is 2. The van der Waals surface area contributed by atoms with Gasteiger partial charge in [0.25, 0.3) is 0 Å². The van der Waals surface area contributed by atoms with E-state index in [0.717, 1.165) is 10.8 Å². The van der Waals surface area contributed by atoms with Gasteiger partial charge >= 0.3 is 5.97 Å². The summed E-state index contributed by atoms with van der Waals surface area (Å²) in [6.45, 7) is 2.04. The number of carbonyl (C=O) groups is 1. The van der Waals surface area contributed by atoms with Crippen LogP contribution in [0.15, 0.2) is 73.1 Å². The first-order chi connectivity index (χ1) is 14.7. The lowest BCUT2D eigenvalue weighted by Gasteiger charge is -2.14. The summed E-state index contributed by atoms with van der Waals surface area (Å²) in [5, 5.41) is 5.23. The lowest BCUT2D eigenvalue weighted by molar-refractivity contribution is 0.0527. The molecule has 0 unspecified atom stereocenters. The topological polar surface area (TPSA) is 99.4 Å². The zero-order valence-corrected chi connectivity index (χ0v) is 16.3. The van der Waals surface area contributed by atoms with Crippen LogP contribution < -0.4 is 15.8 Å². The van der Waals surface area contributed by atoms with Gasteiger partial charge in [-0.1, -0.05) is 42.5 Å². The maximum atomic E-state index is 12.2. The summed E-state index contributed by atoms with van der Waals surface area (Å²) in [7, 11) is 0. The fourth-order valence-corrected chi connectivity index (χ4v) is 3.01. The molecular weight excluding hydrogens is 380 g/mol. The fraction of sp³-hybridized carbons (Fsp3) is 0.0870. The molecule has 0 saturated carbocycles. The Morgan fingerprint density at radius 1 is 1.00 bits per heavy atom. The number of hydrogen-bond acceptors (Lipinski definition) is 7. The summed E-state index contributed by atoms with van der Waals surface area (Å²) < 4.78 is 11.0. The van der Waals surface area contributed by atoms with Gasteiger partial charge in [-0.2, -0.15) is 4.98 Å². The van der Waals surface area contributed by atoms with Crippen LogP contribution in [0.4, 0.5) is 17.2 Å². The van der Waals surface area contributed by atoms with Crippen molar-refractivity contribution >= 4 is 33.9 Å². The Morgan fingerprint density at radius 2 is 1.77 bits per heavy atom. The normalized spacial score (nSPS) is 10.6. The van der Waals surface area contributed by atoms with Crippen molar-refractivity contribution in [1.82, 2.24) is 9.97 Å². The van der Waals surface area contributed by atoms with Gasteiger partial charge in [0.2, 0.25) is 5.88 Å². The van der Waals surface area contributed by atoms with Crippen molar-refractivity contribution in [2.45, 2.75) is 6.92 Å². The number of nitrogen functional groups attached to an aromatic ring is 1. The van der Waals surface area contributed by atoms with Crippen molar-refractivity contribution in [1.29, 1.82) is 0 Å². The smallest absolute Gasteiger partial charge is 0.340 e. The molecule has 1 aromatic heterocycles. The maximum absolute atomic E-state index is 12.2. The minimum absolute atomic E-state index is 0.219. The van der Waals surface area contributed by atoms with E-state index in [1.54, 1.807) is 31.2 Å². The van der Waals surface area contributed by atoms with Crippen LogP contribution in [0.5, 0.6) is 11.6 Å². The second kappa shape index (κ2) is 8.48. The van der Waals surface area contributed by atoms with Crippen molar-refractivity contribution in [3.05, 3.63) is 78.6 Å². The van der Waals surface area contributed by atoms with Gasteiger partial charge in [-0.3, -0.25) is 0 Å². The number of nitrogens with two attached hydrogens (primary N) is 1. The average Bonchev–Trinajstić information content (AvgIpc) is 2.77.